The van der Waals surface area contributed by atoms with Crippen molar-refractivity contribution >= 4 is 17.7 Å². The van der Waals surface area contributed by atoms with Crippen molar-refractivity contribution in [1.82, 2.24) is 0 Å². The lowest BCUT2D eigenvalue weighted by Gasteiger charge is -2.11. The number of thioether (sulfide) groups is 1. The molecular weight excluding hydrogens is 284 g/mol. The summed E-state index contributed by atoms with van der Waals surface area (Å²) in [5.74, 6) is 0.596. The highest BCUT2D eigenvalue weighted by atomic mass is 32.2. The molecular formula is C17H18O3S. The summed E-state index contributed by atoms with van der Waals surface area (Å²) in [6, 6.07) is 17.3. The van der Waals surface area contributed by atoms with Gasteiger partial charge in [0.2, 0.25) is 0 Å². The molecule has 3 nitrogen and oxygen atoms in total. The van der Waals surface area contributed by atoms with E-state index in [1.807, 2.05) is 61.5 Å². The maximum atomic E-state index is 12.0. The molecule has 4 heteroatoms. The van der Waals surface area contributed by atoms with Crippen LogP contribution in [0.3, 0.4) is 0 Å². The molecule has 1 unspecified atom stereocenters. The Morgan fingerprint density at radius 3 is 2.38 bits per heavy atom. The van der Waals surface area contributed by atoms with E-state index >= 15 is 0 Å². The highest BCUT2D eigenvalue weighted by molar-refractivity contribution is 8.00. The van der Waals surface area contributed by atoms with Crippen LogP contribution in [0.25, 0.3) is 0 Å². The predicted molar refractivity (Wildman–Crippen MR) is 84.6 cm³/mol. The van der Waals surface area contributed by atoms with Gasteiger partial charge in [0.1, 0.15) is 17.6 Å². The largest absolute Gasteiger partial charge is 0.497 e. The maximum Gasteiger partial charge on any atom is 0.319 e. The molecule has 0 N–H and O–H groups in total. The summed E-state index contributed by atoms with van der Waals surface area (Å²) in [6.45, 7) is 2.16. The van der Waals surface area contributed by atoms with Crippen LogP contribution in [0.15, 0.2) is 59.5 Å². The molecule has 2 rings (SSSR count). The first kappa shape index (κ1) is 15.4. The van der Waals surface area contributed by atoms with Crippen LogP contribution in [0.5, 0.6) is 5.75 Å². The van der Waals surface area contributed by atoms with Gasteiger partial charge in [-0.2, -0.15) is 0 Å². The second-order valence-electron chi connectivity index (χ2n) is 4.53. The molecule has 0 aliphatic rings. The van der Waals surface area contributed by atoms with E-state index in [9.17, 15) is 4.79 Å². The average Bonchev–Trinajstić information content (AvgIpc) is 2.54. The van der Waals surface area contributed by atoms with Crippen molar-refractivity contribution in [1.29, 1.82) is 0 Å². The first-order chi connectivity index (χ1) is 10.2. The third-order valence-electron chi connectivity index (χ3n) is 2.93. The molecule has 0 heterocycles. The lowest BCUT2D eigenvalue weighted by atomic mass is 10.2. The van der Waals surface area contributed by atoms with E-state index in [2.05, 4.69) is 0 Å². The van der Waals surface area contributed by atoms with Crippen molar-refractivity contribution in [2.75, 3.05) is 7.11 Å². The van der Waals surface area contributed by atoms with Crippen LogP contribution in [-0.4, -0.2) is 18.3 Å². The maximum absolute atomic E-state index is 12.0. The van der Waals surface area contributed by atoms with Gasteiger partial charge >= 0.3 is 5.97 Å². The molecule has 0 aliphatic carbocycles. The van der Waals surface area contributed by atoms with Gasteiger partial charge in [-0.1, -0.05) is 30.3 Å². The van der Waals surface area contributed by atoms with Gasteiger partial charge in [0, 0.05) is 4.90 Å². The smallest absolute Gasteiger partial charge is 0.319 e. The lowest BCUT2D eigenvalue weighted by molar-refractivity contribution is -0.143. The van der Waals surface area contributed by atoms with Crippen molar-refractivity contribution < 1.29 is 14.3 Å². The van der Waals surface area contributed by atoms with E-state index in [0.29, 0.717) is 6.61 Å². The van der Waals surface area contributed by atoms with Gasteiger partial charge in [0.25, 0.3) is 0 Å². The quantitative estimate of drug-likeness (QED) is 0.598. The molecule has 0 fully saturated rings. The van der Waals surface area contributed by atoms with Gasteiger partial charge in [-0.15, -0.1) is 11.8 Å². The van der Waals surface area contributed by atoms with Crippen LogP contribution in [0.4, 0.5) is 0 Å². The van der Waals surface area contributed by atoms with Crippen LogP contribution >= 0.6 is 11.8 Å². The number of carbonyl (C=O) groups is 1. The van der Waals surface area contributed by atoms with Gasteiger partial charge in [0.15, 0.2) is 0 Å². The van der Waals surface area contributed by atoms with Gasteiger partial charge < -0.3 is 9.47 Å². The zero-order valence-corrected chi connectivity index (χ0v) is 12.9. The number of esters is 1. The molecule has 0 aromatic heterocycles. The van der Waals surface area contributed by atoms with Crippen molar-refractivity contribution in [3.8, 4) is 5.75 Å². The van der Waals surface area contributed by atoms with Crippen LogP contribution < -0.4 is 4.74 Å². The molecule has 1 atom stereocenters. The SMILES string of the molecule is COc1ccc(SC(C)C(=O)OCc2ccccc2)cc1. The number of ether oxygens (including phenoxy) is 2. The van der Waals surface area contributed by atoms with Crippen LogP contribution in [-0.2, 0) is 16.1 Å². The molecule has 110 valence electrons. The third kappa shape index (κ3) is 4.83. The Morgan fingerprint density at radius 2 is 1.76 bits per heavy atom. The number of methoxy groups -OCH3 is 1. The minimum Gasteiger partial charge on any atom is -0.497 e. The summed E-state index contributed by atoms with van der Waals surface area (Å²) < 4.78 is 10.4. The van der Waals surface area contributed by atoms with Crippen LogP contribution in [0.2, 0.25) is 0 Å². The third-order valence-corrected chi connectivity index (χ3v) is 4.02. The molecule has 21 heavy (non-hydrogen) atoms. The minimum absolute atomic E-state index is 0.209. The van der Waals surface area contributed by atoms with E-state index < -0.39 is 0 Å². The van der Waals surface area contributed by atoms with E-state index in [1.165, 1.54) is 11.8 Å². The molecule has 0 saturated heterocycles. The van der Waals surface area contributed by atoms with Crippen LogP contribution in [0, 0.1) is 0 Å². The summed E-state index contributed by atoms with van der Waals surface area (Å²) in [4.78, 5) is 13.0. The van der Waals surface area contributed by atoms with E-state index in [4.69, 9.17) is 9.47 Å². The zero-order chi connectivity index (χ0) is 15.1. The Hall–Kier alpha value is -1.94. The molecule has 0 saturated carbocycles. The van der Waals surface area contributed by atoms with Crippen molar-refractivity contribution in [3.05, 3.63) is 60.2 Å². The monoisotopic (exact) mass is 302 g/mol. The highest BCUT2D eigenvalue weighted by Gasteiger charge is 2.16. The number of rotatable bonds is 6. The molecule has 2 aromatic rings. The molecule has 0 aliphatic heterocycles. The Bertz CT molecular complexity index is 566. The summed E-state index contributed by atoms with van der Waals surface area (Å²) in [5.41, 5.74) is 0.993. The van der Waals surface area contributed by atoms with E-state index in [-0.39, 0.29) is 11.2 Å². The lowest BCUT2D eigenvalue weighted by Crippen LogP contribution is -2.16. The number of carbonyl (C=O) groups excluding carboxylic acids is 1. The summed E-state index contributed by atoms with van der Waals surface area (Å²) >= 11 is 1.48. The predicted octanol–water partition coefficient (Wildman–Crippen LogP) is 3.92. The summed E-state index contributed by atoms with van der Waals surface area (Å²) in [6.07, 6.45) is 0. The Labute approximate surface area is 129 Å². The Balaban J connectivity index is 1.84. The van der Waals surface area contributed by atoms with Gasteiger partial charge in [-0.05, 0) is 36.8 Å². The minimum atomic E-state index is -0.248. The molecule has 0 spiro atoms. The van der Waals surface area contributed by atoms with E-state index in [0.717, 1.165) is 16.2 Å². The molecule has 2 aromatic carbocycles. The fourth-order valence-corrected chi connectivity index (χ4v) is 2.62. The molecule has 0 amide bonds. The van der Waals surface area contributed by atoms with Gasteiger partial charge in [0.05, 0.1) is 7.11 Å². The molecule has 0 radical (unpaired) electrons. The van der Waals surface area contributed by atoms with Crippen LogP contribution in [0.1, 0.15) is 12.5 Å². The molecule has 0 bridgehead atoms. The standard InChI is InChI=1S/C17H18O3S/c1-13(21-16-10-8-15(19-2)9-11-16)17(18)20-12-14-6-4-3-5-7-14/h3-11,13H,12H2,1-2H3. The first-order valence-corrected chi connectivity index (χ1v) is 7.58. The van der Waals surface area contributed by atoms with Gasteiger partial charge in [-0.3, -0.25) is 4.79 Å². The first-order valence-electron chi connectivity index (χ1n) is 6.70. The number of benzene rings is 2. The Morgan fingerprint density at radius 1 is 1.10 bits per heavy atom. The second kappa shape index (κ2) is 7.74. The highest BCUT2D eigenvalue weighted by Crippen LogP contribution is 2.26. The topological polar surface area (TPSA) is 35.5 Å². The number of hydrogen-bond acceptors (Lipinski definition) is 4. The van der Waals surface area contributed by atoms with Crippen molar-refractivity contribution in [2.45, 2.75) is 23.7 Å². The zero-order valence-electron chi connectivity index (χ0n) is 12.1. The summed E-state index contributed by atoms with van der Waals surface area (Å²) in [7, 11) is 1.63. The fourth-order valence-electron chi connectivity index (χ4n) is 1.75. The normalized spacial score (nSPS) is 11.7. The fraction of sp³-hybridized carbons (Fsp3) is 0.235. The second-order valence-corrected chi connectivity index (χ2v) is 5.94. The van der Waals surface area contributed by atoms with Gasteiger partial charge in [-0.25, -0.2) is 0 Å². The van der Waals surface area contributed by atoms with Crippen molar-refractivity contribution in [2.24, 2.45) is 0 Å². The Kier molecular flexibility index (Phi) is 5.69. The van der Waals surface area contributed by atoms with Crippen molar-refractivity contribution in [3.63, 3.8) is 0 Å². The summed E-state index contributed by atoms with van der Waals surface area (Å²) in [5, 5.41) is -0.248. The average molecular weight is 302 g/mol. The van der Waals surface area contributed by atoms with E-state index in [1.54, 1.807) is 7.11 Å². The number of hydrogen-bond donors (Lipinski definition) is 0.